The van der Waals surface area contributed by atoms with Gasteiger partial charge < -0.3 is 25.4 Å². The molecule has 3 rings (SSSR count). The molecule has 1 aliphatic heterocycles. The van der Waals surface area contributed by atoms with Crippen LogP contribution in [0.1, 0.15) is 38.1 Å². The summed E-state index contributed by atoms with van der Waals surface area (Å²) in [6.07, 6.45) is 4.46. The SMILES string of the molecule is C[C@@H](NC(=O)N1CCCC[C@@H]1CNC(=O)Nc1ccccc1)c1nncn1C. The largest absolute Gasteiger partial charge is 0.336 e. The first kappa shape index (κ1) is 19.7. The second-order valence-electron chi connectivity index (χ2n) is 7.02. The molecule has 0 bridgehead atoms. The molecule has 0 saturated carbocycles. The predicted molar refractivity (Wildman–Crippen MR) is 106 cm³/mol. The molecule has 9 nitrogen and oxygen atoms in total. The van der Waals surface area contributed by atoms with Crippen LogP contribution in [-0.2, 0) is 7.05 Å². The zero-order chi connectivity index (χ0) is 19.9. The van der Waals surface area contributed by atoms with Crippen LogP contribution in [0.5, 0.6) is 0 Å². The molecule has 2 atom stereocenters. The Morgan fingerprint density at radius 3 is 2.75 bits per heavy atom. The first-order chi connectivity index (χ1) is 13.5. The van der Waals surface area contributed by atoms with Crippen LogP contribution in [-0.4, -0.2) is 50.9 Å². The highest BCUT2D eigenvalue weighted by atomic mass is 16.2. The highest BCUT2D eigenvalue weighted by Gasteiger charge is 2.28. The number of carbonyl (C=O) groups excluding carboxylic acids is 2. The van der Waals surface area contributed by atoms with E-state index in [0.717, 1.165) is 24.9 Å². The van der Waals surface area contributed by atoms with Crippen molar-refractivity contribution in [1.82, 2.24) is 30.3 Å². The van der Waals surface area contributed by atoms with Crippen LogP contribution in [0.15, 0.2) is 36.7 Å². The number of aromatic nitrogens is 3. The van der Waals surface area contributed by atoms with Crippen LogP contribution < -0.4 is 16.0 Å². The summed E-state index contributed by atoms with van der Waals surface area (Å²) in [7, 11) is 1.84. The van der Waals surface area contributed by atoms with Crippen molar-refractivity contribution in [2.24, 2.45) is 7.05 Å². The molecule has 1 aromatic carbocycles. The maximum Gasteiger partial charge on any atom is 0.319 e. The van der Waals surface area contributed by atoms with E-state index in [2.05, 4.69) is 26.1 Å². The Balaban J connectivity index is 1.53. The number of amides is 4. The third kappa shape index (κ3) is 4.99. The van der Waals surface area contributed by atoms with Crippen molar-refractivity contribution in [3.63, 3.8) is 0 Å². The van der Waals surface area contributed by atoms with E-state index >= 15 is 0 Å². The molecular weight excluding hydrogens is 358 g/mol. The number of likely N-dealkylation sites (tertiary alicyclic amines) is 1. The van der Waals surface area contributed by atoms with E-state index in [-0.39, 0.29) is 24.1 Å². The molecule has 0 spiro atoms. The van der Waals surface area contributed by atoms with E-state index in [9.17, 15) is 9.59 Å². The van der Waals surface area contributed by atoms with Gasteiger partial charge in [-0.1, -0.05) is 18.2 Å². The van der Waals surface area contributed by atoms with Gasteiger partial charge in [0.1, 0.15) is 6.33 Å². The van der Waals surface area contributed by atoms with Crippen LogP contribution in [0.2, 0.25) is 0 Å². The van der Waals surface area contributed by atoms with Gasteiger partial charge in [-0.05, 0) is 38.3 Å². The maximum absolute atomic E-state index is 12.8. The van der Waals surface area contributed by atoms with Crippen LogP contribution in [0.4, 0.5) is 15.3 Å². The molecule has 4 amide bonds. The lowest BCUT2D eigenvalue weighted by atomic mass is 10.0. The molecule has 28 heavy (non-hydrogen) atoms. The number of hydrogen-bond acceptors (Lipinski definition) is 4. The van der Waals surface area contributed by atoms with E-state index in [0.29, 0.717) is 18.9 Å². The number of carbonyl (C=O) groups is 2. The molecule has 1 aromatic heterocycles. The second kappa shape index (κ2) is 9.20. The van der Waals surface area contributed by atoms with E-state index in [1.54, 1.807) is 15.8 Å². The number of hydrogen-bond donors (Lipinski definition) is 3. The average molecular weight is 385 g/mol. The number of urea groups is 2. The quantitative estimate of drug-likeness (QED) is 0.734. The molecule has 1 fully saturated rings. The van der Waals surface area contributed by atoms with Crippen LogP contribution in [0, 0.1) is 0 Å². The Labute approximate surface area is 164 Å². The molecule has 0 radical (unpaired) electrons. The summed E-state index contributed by atoms with van der Waals surface area (Å²) < 4.78 is 1.79. The summed E-state index contributed by atoms with van der Waals surface area (Å²) in [5.41, 5.74) is 0.732. The molecular formula is C19H27N7O2. The Hall–Kier alpha value is -3.10. The minimum Gasteiger partial charge on any atom is -0.336 e. The van der Waals surface area contributed by atoms with Gasteiger partial charge in [0.05, 0.1) is 12.1 Å². The fourth-order valence-electron chi connectivity index (χ4n) is 3.40. The zero-order valence-corrected chi connectivity index (χ0v) is 16.3. The number of piperidine rings is 1. The van der Waals surface area contributed by atoms with E-state index in [1.807, 2.05) is 44.3 Å². The Bertz CT molecular complexity index is 793. The lowest BCUT2D eigenvalue weighted by Crippen LogP contribution is -2.53. The molecule has 1 saturated heterocycles. The van der Waals surface area contributed by atoms with Gasteiger partial charge in [0, 0.05) is 25.8 Å². The number of nitrogens with zero attached hydrogens (tertiary/aromatic N) is 4. The molecule has 3 N–H and O–H groups in total. The summed E-state index contributed by atoms with van der Waals surface area (Å²) in [6, 6.07) is 8.56. The fourth-order valence-corrected chi connectivity index (χ4v) is 3.40. The third-order valence-electron chi connectivity index (χ3n) is 4.89. The van der Waals surface area contributed by atoms with Crippen molar-refractivity contribution in [1.29, 1.82) is 0 Å². The lowest BCUT2D eigenvalue weighted by molar-refractivity contribution is 0.147. The predicted octanol–water partition coefficient (Wildman–Crippen LogP) is 2.26. The fraction of sp³-hybridized carbons (Fsp3) is 0.474. The molecule has 2 aromatic rings. The van der Waals surface area contributed by atoms with Crippen LogP contribution >= 0.6 is 0 Å². The monoisotopic (exact) mass is 385 g/mol. The van der Waals surface area contributed by atoms with Crippen molar-refractivity contribution in [2.45, 2.75) is 38.3 Å². The highest BCUT2D eigenvalue weighted by Crippen LogP contribution is 2.18. The van der Waals surface area contributed by atoms with Gasteiger partial charge in [0.15, 0.2) is 5.82 Å². The highest BCUT2D eigenvalue weighted by molar-refractivity contribution is 5.89. The third-order valence-corrected chi connectivity index (χ3v) is 4.89. The first-order valence-corrected chi connectivity index (χ1v) is 9.55. The number of rotatable bonds is 5. The molecule has 0 aliphatic carbocycles. The van der Waals surface area contributed by atoms with Crippen molar-refractivity contribution in [2.75, 3.05) is 18.4 Å². The minimum atomic E-state index is -0.274. The number of anilines is 1. The van der Waals surface area contributed by atoms with Crippen molar-refractivity contribution >= 4 is 17.7 Å². The Kier molecular flexibility index (Phi) is 6.46. The number of benzene rings is 1. The number of aryl methyl sites for hydroxylation is 1. The molecule has 9 heteroatoms. The molecule has 2 heterocycles. The maximum atomic E-state index is 12.8. The van der Waals surface area contributed by atoms with E-state index < -0.39 is 0 Å². The van der Waals surface area contributed by atoms with E-state index in [1.165, 1.54) is 0 Å². The molecule has 1 aliphatic rings. The van der Waals surface area contributed by atoms with Crippen LogP contribution in [0.25, 0.3) is 0 Å². The Morgan fingerprint density at radius 1 is 1.25 bits per heavy atom. The Morgan fingerprint density at radius 2 is 2.04 bits per heavy atom. The topological polar surface area (TPSA) is 104 Å². The van der Waals surface area contributed by atoms with E-state index in [4.69, 9.17) is 0 Å². The first-order valence-electron chi connectivity index (χ1n) is 9.55. The zero-order valence-electron chi connectivity index (χ0n) is 16.3. The lowest BCUT2D eigenvalue weighted by Gasteiger charge is -2.36. The normalized spacial score (nSPS) is 17.6. The minimum absolute atomic E-state index is 0.0398. The summed E-state index contributed by atoms with van der Waals surface area (Å²) in [5, 5.41) is 16.6. The molecule has 0 unspecified atom stereocenters. The van der Waals surface area contributed by atoms with Crippen LogP contribution in [0.3, 0.4) is 0 Å². The number of nitrogens with one attached hydrogen (secondary N) is 3. The van der Waals surface area contributed by atoms with Gasteiger partial charge in [0.2, 0.25) is 0 Å². The van der Waals surface area contributed by atoms with Gasteiger partial charge in [-0.3, -0.25) is 0 Å². The van der Waals surface area contributed by atoms with Crippen molar-refractivity contribution in [3.05, 3.63) is 42.5 Å². The number of para-hydroxylation sites is 1. The van der Waals surface area contributed by atoms with Crippen molar-refractivity contribution < 1.29 is 9.59 Å². The van der Waals surface area contributed by atoms with Crippen molar-refractivity contribution in [3.8, 4) is 0 Å². The average Bonchev–Trinajstić information content (AvgIpc) is 3.13. The second-order valence-corrected chi connectivity index (χ2v) is 7.02. The smallest absolute Gasteiger partial charge is 0.319 e. The standard InChI is InChI=1S/C19H27N7O2/c1-14(17-24-21-13-25(17)2)22-19(28)26-11-7-6-10-16(26)12-20-18(27)23-15-8-4-3-5-9-15/h3-5,8-9,13-14,16H,6-7,10-12H2,1-2H3,(H,22,28)(H2,20,23,27)/t14-,16-/m1/s1. The van der Waals surface area contributed by atoms with Gasteiger partial charge in [-0.25, -0.2) is 9.59 Å². The molecule has 150 valence electrons. The van der Waals surface area contributed by atoms with Gasteiger partial charge in [-0.15, -0.1) is 10.2 Å². The van der Waals surface area contributed by atoms with Gasteiger partial charge in [0.25, 0.3) is 0 Å². The van der Waals surface area contributed by atoms with Gasteiger partial charge >= 0.3 is 12.1 Å². The summed E-state index contributed by atoms with van der Waals surface area (Å²) in [5.74, 6) is 0.697. The summed E-state index contributed by atoms with van der Waals surface area (Å²) in [6.45, 7) is 2.96. The van der Waals surface area contributed by atoms with Gasteiger partial charge in [-0.2, -0.15) is 0 Å². The summed E-state index contributed by atoms with van der Waals surface area (Å²) in [4.78, 5) is 26.7. The summed E-state index contributed by atoms with van der Waals surface area (Å²) >= 11 is 0.